The Morgan fingerprint density at radius 3 is 2.74 bits per heavy atom. The average molecular weight is 260 g/mol. The zero-order valence-electron chi connectivity index (χ0n) is 10.1. The smallest absolute Gasteiger partial charge is 0.293 e. The van der Waals surface area contributed by atoms with Gasteiger partial charge in [-0.25, -0.2) is 0 Å². The van der Waals surface area contributed by atoms with Gasteiger partial charge in [0, 0.05) is 24.1 Å². The molecular formula is C13H12N2O4. The molecule has 1 aliphatic carbocycles. The van der Waals surface area contributed by atoms with Crippen molar-refractivity contribution in [1.29, 1.82) is 0 Å². The number of hydrogen-bond acceptors (Lipinski definition) is 4. The molecule has 98 valence electrons. The Balaban J connectivity index is 2.24. The predicted octanol–water partition coefficient (Wildman–Crippen LogP) is 2.03. The molecule has 0 atom stereocenters. The van der Waals surface area contributed by atoms with Gasteiger partial charge in [0.1, 0.15) is 0 Å². The van der Waals surface area contributed by atoms with Gasteiger partial charge in [0.05, 0.1) is 10.4 Å². The third-order valence-electron chi connectivity index (χ3n) is 3.41. The molecule has 1 heterocycles. The van der Waals surface area contributed by atoms with E-state index in [1.807, 2.05) is 0 Å². The van der Waals surface area contributed by atoms with Crippen LogP contribution >= 0.6 is 0 Å². The van der Waals surface area contributed by atoms with Gasteiger partial charge >= 0.3 is 0 Å². The second-order valence-electron chi connectivity index (χ2n) is 4.89. The minimum atomic E-state index is -0.493. The molecule has 0 unspecified atom stereocenters. The van der Waals surface area contributed by atoms with Crippen molar-refractivity contribution in [3.8, 4) is 5.75 Å². The molecule has 1 N–H and O–H groups in total. The lowest BCUT2D eigenvalue weighted by Crippen LogP contribution is -2.20. The number of pyridine rings is 1. The summed E-state index contributed by atoms with van der Waals surface area (Å²) in [7, 11) is 0. The number of benzene rings is 1. The number of aromatic nitrogens is 1. The quantitative estimate of drug-likeness (QED) is 0.675. The van der Waals surface area contributed by atoms with E-state index in [1.165, 1.54) is 22.8 Å². The van der Waals surface area contributed by atoms with Crippen molar-refractivity contribution >= 4 is 16.6 Å². The Labute approximate surface area is 108 Å². The Kier molecular flexibility index (Phi) is 2.51. The third-order valence-corrected chi connectivity index (χ3v) is 3.41. The van der Waals surface area contributed by atoms with Crippen molar-refractivity contribution < 1.29 is 10.0 Å². The first-order chi connectivity index (χ1) is 9.06. The first kappa shape index (κ1) is 11.7. The first-order valence-corrected chi connectivity index (χ1v) is 6.07. The number of fused-ring (bicyclic) bond motifs is 1. The van der Waals surface area contributed by atoms with Crippen LogP contribution in [-0.2, 0) is 6.54 Å². The van der Waals surface area contributed by atoms with Gasteiger partial charge in [-0.05, 0) is 30.9 Å². The highest BCUT2D eigenvalue weighted by molar-refractivity contribution is 5.82. The van der Waals surface area contributed by atoms with E-state index in [0.717, 1.165) is 12.8 Å². The summed E-state index contributed by atoms with van der Waals surface area (Å²) in [4.78, 5) is 22.2. The fraction of sp³-hybridized carbons (Fsp3) is 0.308. The largest absolute Gasteiger partial charge is 0.503 e. The third kappa shape index (κ3) is 2.05. The highest BCUT2D eigenvalue weighted by atomic mass is 16.6. The summed E-state index contributed by atoms with van der Waals surface area (Å²) in [5.41, 5.74) is 0.136. The molecule has 0 amide bonds. The minimum absolute atomic E-state index is 0.0523. The number of aromatic hydroxyl groups is 1. The molecule has 3 rings (SSSR count). The van der Waals surface area contributed by atoms with Gasteiger partial charge in [-0.3, -0.25) is 14.9 Å². The van der Waals surface area contributed by atoms with E-state index >= 15 is 0 Å². The van der Waals surface area contributed by atoms with Crippen LogP contribution in [0.15, 0.2) is 29.1 Å². The average Bonchev–Trinajstić information content (AvgIpc) is 3.18. The maximum atomic E-state index is 11.9. The Bertz CT molecular complexity index is 731. The first-order valence-electron chi connectivity index (χ1n) is 6.07. The van der Waals surface area contributed by atoms with Gasteiger partial charge in [-0.1, -0.05) is 0 Å². The monoisotopic (exact) mass is 260 g/mol. The van der Waals surface area contributed by atoms with Gasteiger partial charge in [0.25, 0.3) is 11.2 Å². The molecule has 19 heavy (non-hydrogen) atoms. The second-order valence-corrected chi connectivity index (χ2v) is 4.89. The molecule has 1 aromatic heterocycles. The molecule has 0 radical (unpaired) electrons. The standard InChI is InChI=1S/C13H12N2O4/c16-12-6-9-5-10(15(18)19)3-4-11(9)14(13(12)17)7-8-1-2-8/h3-6,8,16H,1-2,7H2. The van der Waals surface area contributed by atoms with E-state index < -0.39 is 10.5 Å². The molecule has 1 fully saturated rings. The van der Waals surface area contributed by atoms with Crippen molar-refractivity contribution in [2.45, 2.75) is 19.4 Å². The summed E-state index contributed by atoms with van der Waals surface area (Å²) < 4.78 is 1.51. The Hall–Kier alpha value is -2.37. The number of nitrogens with zero attached hydrogens (tertiary/aromatic N) is 2. The lowest BCUT2D eigenvalue weighted by atomic mass is 10.2. The summed E-state index contributed by atoms with van der Waals surface area (Å²) >= 11 is 0. The zero-order chi connectivity index (χ0) is 13.6. The van der Waals surface area contributed by atoms with Crippen LogP contribution in [0.25, 0.3) is 10.9 Å². The van der Waals surface area contributed by atoms with Crippen molar-refractivity contribution in [2.75, 3.05) is 0 Å². The Morgan fingerprint density at radius 1 is 1.37 bits per heavy atom. The van der Waals surface area contributed by atoms with Gasteiger partial charge in [0.2, 0.25) is 0 Å². The van der Waals surface area contributed by atoms with Crippen molar-refractivity contribution in [3.05, 3.63) is 44.7 Å². The zero-order valence-corrected chi connectivity index (χ0v) is 10.1. The van der Waals surface area contributed by atoms with Crippen LogP contribution in [0.5, 0.6) is 5.75 Å². The maximum absolute atomic E-state index is 11.9. The molecule has 1 aromatic carbocycles. The topological polar surface area (TPSA) is 85.4 Å². The summed E-state index contributed by atoms with van der Waals surface area (Å²) in [6, 6.07) is 5.60. The summed E-state index contributed by atoms with van der Waals surface area (Å²) in [5.74, 6) is 0.103. The molecular weight excluding hydrogens is 248 g/mol. The summed E-state index contributed by atoms with van der Waals surface area (Å²) in [5, 5.41) is 20.9. The van der Waals surface area contributed by atoms with E-state index in [9.17, 15) is 20.0 Å². The molecule has 2 aromatic rings. The maximum Gasteiger partial charge on any atom is 0.293 e. The molecule has 0 spiro atoms. The fourth-order valence-electron chi connectivity index (χ4n) is 2.21. The van der Waals surface area contributed by atoms with Crippen molar-refractivity contribution in [3.63, 3.8) is 0 Å². The number of nitro groups is 1. The van der Waals surface area contributed by atoms with Crippen LogP contribution in [0.3, 0.4) is 0 Å². The van der Waals surface area contributed by atoms with Crippen LogP contribution in [0, 0.1) is 16.0 Å². The highest BCUT2D eigenvalue weighted by Crippen LogP contribution is 2.32. The number of rotatable bonds is 3. The molecule has 1 saturated carbocycles. The lowest BCUT2D eigenvalue weighted by molar-refractivity contribution is -0.384. The molecule has 6 nitrogen and oxygen atoms in total. The second kappa shape index (κ2) is 4.08. The van der Waals surface area contributed by atoms with Crippen LogP contribution in [0.1, 0.15) is 12.8 Å². The normalized spacial score (nSPS) is 14.7. The van der Waals surface area contributed by atoms with Gasteiger partial charge in [-0.15, -0.1) is 0 Å². The van der Waals surface area contributed by atoms with E-state index in [0.29, 0.717) is 23.4 Å². The minimum Gasteiger partial charge on any atom is -0.503 e. The number of hydrogen-bond donors (Lipinski definition) is 1. The fourth-order valence-corrected chi connectivity index (χ4v) is 2.21. The number of non-ortho nitro benzene ring substituents is 1. The SMILES string of the molecule is O=c1c(O)cc2cc([N+](=O)[O-])ccc2n1CC1CC1. The van der Waals surface area contributed by atoms with Crippen LogP contribution < -0.4 is 5.56 Å². The molecule has 1 aliphatic rings. The highest BCUT2D eigenvalue weighted by Gasteiger charge is 2.24. The van der Waals surface area contributed by atoms with E-state index in [-0.39, 0.29) is 11.4 Å². The molecule has 6 heteroatoms. The van der Waals surface area contributed by atoms with Crippen LogP contribution in [0.4, 0.5) is 5.69 Å². The molecule has 0 aliphatic heterocycles. The summed E-state index contributed by atoms with van der Waals surface area (Å²) in [6.45, 7) is 0.557. The predicted molar refractivity (Wildman–Crippen MR) is 69.3 cm³/mol. The van der Waals surface area contributed by atoms with Gasteiger partial charge < -0.3 is 9.67 Å². The van der Waals surface area contributed by atoms with Crippen molar-refractivity contribution in [1.82, 2.24) is 4.57 Å². The van der Waals surface area contributed by atoms with Crippen LogP contribution in [-0.4, -0.2) is 14.6 Å². The van der Waals surface area contributed by atoms with E-state index in [2.05, 4.69) is 0 Å². The summed E-state index contributed by atoms with van der Waals surface area (Å²) in [6.07, 6.45) is 2.16. The van der Waals surface area contributed by atoms with Gasteiger partial charge in [-0.2, -0.15) is 0 Å². The van der Waals surface area contributed by atoms with E-state index in [1.54, 1.807) is 6.07 Å². The van der Waals surface area contributed by atoms with Gasteiger partial charge in [0.15, 0.2) is 5.75 Å². The van der Waals surface area contributed by atoms with E-state index in [4.69, 9.17) is 0 Å². The Morgan fingerprint density at radius 2 is 2.11 bits per heavy atom. The van der Waals surface area contributed by atoms with Crippen molar-refractivity contribution in [2.24, 2.45) is 5.92 Å². The molecule has 0 bridgehead atoms. The molecule has 0 saturated heterocycles. The lowest BCUT2D eigenvalue weighted by Gasteiger charge is -2.10. The number of nitro benzene ring substituents is 1. The van der Waals surface area contributed by atoms with Crippen LogP contribution in [0.2, 0.25) is 0 Å².